The van der Waals surface area contributed by atoms with E-state index in [0.29, 0.717) is 12.2 Å². The molecule has 0 saturated heterocycles. The number of likely N-dealkylation sites (N-methyl/N-ethyl adjacent to an activating group) is 1. The Kier molecular flexibility index (Phi) is 3.99. The molecule has 2 N–H and O–H groups in total. The quantitative estimate of drug-likeness (QED) is 0.887. The van der Waals surface area contributed by atoms with Gasteiger partial charge in [-0.2, -0.15) is 5.10 Å². The average molecular weight is 306 g/mol. The first-order valence-corrected chi connectivity index (χ1v) is 8.11. The number of H-pyrrole nitrogens is 1. The molecule has 1 amide bonds. The lowest BCUT2D eigenvalue weighted by molar-refractivity contribution is -0.00698. The lowest BCUT2D eigenvalue weighted by Gasteiger charge is -2.47. The Bertz CT molecular complexity index is 562. The largest absolute Gasteiger partial charge is 0.369 e. The van der Waals surface area contributed by atoms with Crippen LogP contribution in [-0.4, -0.2) is 53.3 Å². The van der Waals surface area contributed by atoms with Crippen molar-refractivity contribution in [2.75, 3.05) is 20.6 Å². The SMILES string of the molecule is C[C@@H]1Cc2c(C(=O)NCC3(N(C)C)CCC3)n[nH]c2[C@H](C)O1. The van der Waals surface area contributed by atoms with Crippen molar-refractivity contribution >= 4 is 5.91 Å². The topological polar surface area (TPSA) is 70.2 Å². The van der Waals surface area contributed by atoms with E-state index < -0.39 is 0 Å². The van der Waals surface area contributed by atoms with Crippen molar-refractivity contribution in [3.63, 3.8) is 0 Å². The maximum Gasteiger partial charge on any atom is 0.272 e. The molecular weight excluding hydrogens is 280 g/mol. The van der Waals surface area contributed by atoms with E-state index in [9.17, 15) is 4.79 Å². The fourth-order valence-corrected chi connectivity index (χ4v) is 3.56. The zero-order valence-corrected chi connectivity index (χ0v) is 13.9. The first-order valence-electron chi connectivity index (χ1n) is 8.11. The summed E-state index contributed by atoms with van der Waals surface area (Å²) >= 11 is 0. The van der Waals surface area contributed by atoms with Gasteiger partial charge in [0.2, 0.25) is 0 Å². The number of hydrogen-bond acceptors (Lipinski definition) is 4. The first-order chi connectivity index (χ1) is 10.4. The van der Waals surface area contributed by atoms with Gasteiger partial charge in [0.05, 0.1) is 17.9 Å². The van der Waals surface area contributed by atoms with Gasteiger partial charge in [0, 0.05) is 24.1 Å². The van der Waals surface area contributed by atoms with E-state index in [1.165, 1.54) is 6.42 Å². The van der Waals surface area contributed by atoms with E-state index in [0.717, 1.165) is 30.5 Å². The van der Waals surface area contributed by atoms with E-state index in [4.69, 9.17) is 4.74 Å². The van der Waals surface area contributed by atoms with Crippen molar-refractivity contribution in [3.8, 4) is 0 Å². The molecule has 6 nitrogen and oxygen atoms in total. The molecule has 1 aliphatic heterocycles. The lowest BCUT2D eigenvalue weighted by atomic mass is 9.75. The number of rotatable bonds is 4. The van der Waals surface area contributed by atoms with Crippen LogP contribution in [0, 0.1) is 0 Å². The molecule has 0 spiro atoms. The third-order valence-corrected chi connectivity index (χ3v) is 5.26. The fourth-order valence-electron chi connectivity index (χ4n) is 3.56. The number of amides is 1. The molecule has 1 aliphatic carbocycles. The van der Waals surface area contributed by atoms with Crippen LogP contribution in [0.3, 0.4) is 0 Å². The van der Waals surface area contributed by atoms with Crippen LogP contribution in [0.2, 0.25) is 0 Å². The molecule has 22 heavy (non-hydrogen) atoms. The van der Waals surface area contributed by atoms with Crippen LogP contribution in [0.15, 0.2) is 0 Å². The Hall–Kier alpha value is -1.40. The molecule has 1 aromatic rings. The van der Waals surface area contributed by atoms with Crippen molar-refractivity contribution in [1.29, 1.82) is 0 Å². The highest BCUT2D eigenvalue weighted by Crippen LogP contribution is 2.35. The van der Waals surface area contributed by atoms with Gasteiger partial charge in [-0.25, -0.2) is 0 Å². The van der Waals surface area contributed by atoms with E-state index in [-0.39, 0.29) is 23.7 Å². The smallest absolute Gasteiger partial charge is 0.272 e. The molecule has 1 saturated carbocycles. The van der Waals surface area contributed by atoms with Crippen LogP contribution in [-0.2, 0) is 11.2 Å². The Labute approximate surface area is 131 Å². The van der Waals surface area contributed by atoms with Crippen molar-refractivity contribution < 1.29 is 9.53 Å². The van der Waals surface area contributed by atoms with Crippen molar-refractivity contribution in [2.45, 2.75) is 57.3 Å². The zero-order valence-electron chi connectivity index (χ0n) is 13.9. The Morgan fingerprint density at radius 3 is 2.77 bits per heavy atom. The second kappa shape index (κ2) is 5.66. The van der Waals surface area contributed by atoms with Crippen LogP contribution in [0.4, 0.5) is 0 Å². The maximum atomic E-state index is 12.5. The van der Waals surface area contributed by atoms with E-state index >= 15 is 0 Å². The molecule has 0 unspecified atom stereocenters. The predicted molar refractivity (Wildman–Crippen MR) is 83.9 cm³/mol. The number of carbonyl (C=O) groups is 1. The molecular formula is C16H26N4O2. The molecule has 0 aromatic carbocycles. The number of ether oxygens (including phenoxy) is 1. The summed E-state index contributed by atoms with van der Waals surface area (Å²) in [6, 6.07) is 0. The maximum absolute atomic E-state index is 12.5. The summed E-state index contributed by atoms with van der Waals surface area (Å²) in [6.07, 6.45) is 4.33. The second-order valence-electron chi connectivity index (χ2n) is 6.91. The van der Waals surface area contributed by atoms with Gasteiger partial charge in [0.25, 0.3) is 5.91 Å². The molecule has 0 radical (unpaired) electrons. The Morgan fingerprint density at radius 2 is 2.18 bits per heavy atom. The number of aromatic amines is 1. The minimum atomic E-state index is -0.0769. The normalized spacial score (nSPS) is 26.4. The summed E-state index contributed by atoms with van der Waals surface area (Å²) in [7, 11) is 4.17. The van der Waals surface area contributed by atoms with Gasteiger partial charge in [0.1, 0.15) is 0 Å². The number of carbonyl (C=O) groups excluding carboxylic acids is 1. The number of nitrogens with one attached hydrogen (secondary N) is 2. The molecule has 0 bridgehead atoms. The molecule has 2 heterocycles. The second-order valence-corrected chi connectivity index (χ2v) is 6.91. The highest BCUT2D eigenvalue weighted by molar-refractivity contribution is 5.94. The number of nitrogens with zero attached hydrogens (tertiary/aromatic N) is 2. The molecule has 2 atom stereocenters. The van der Waals surface area contributed by atoms with E-state index in [1.807, 2.05) is 13.8 Å². The number of hydrogen-bond donors (Lipinski definition) is 2. The van der Waals surface area contributed by atoms with Crippen LogP contribution in [0.1, 0.15) is 61.0 Å². The highest BCUT2D eigenvalue weighted by atomic mass is 16.5. The van der Waals surface area contributed by atoms with Crippen molar-refractivity contribution in [1.82, 2.24) is 20.4 Å². The molecule has 2 aliphatic rings. The van der Waals surface area contributed by atoms with Gasteiger partial charge in [-0.05, 0) is 47.2 Å². The van der Waals surface area contributed by atoms with Gasteiger partial charge in [0.15, 0.2) is 5.69 Å². The number of aromatic nitrogens is 2. The van der Waals surface area contributed by atoms with Crippen LogP contribution >= 0.6 is 0 Å². The van der Waals surface area contributed by atoms with Crippen molar-refractivity contribution in [3.05, 3.63) is 17.0 Å². The summed E-state index contributed by atoms with van der Waals surface area (Å²) in [5.74, 6) is -0.0769. The minimum absolute atomic E-state index is 0.0347. The van der Waals surface area contributed by atoms with E-state index in [1.54, 1.807) is 0 Å². The predicted octanol–water partition coefficient (Wildman–Crippen LogP) is 1.65. The number of fused-ring (bicyclic) bond motifs is 1. The standard InChI is InChI=1S/C16H26N4O2/c1-10-8-12-13(11(2)22-10)18-19-14(12)15(21)17-9-16(20(3)4)6-5-7-16/h10-11H,5-9H2,1-4H3,(H,17,21)(H,18,19)/t10-,11+/m1/s1. The van der Waals surface area contributed by atoms with Crippen LogP contribution in [0.25, 0.3) is 0 Å². The molecule has 122 valence electrons. The fraction of sp³-hybridized carbons (Fsp3) is 0.750. The zero-order chi connectivity index (χ0) is 15.9. The van der Waals surface area contributed by atoms with Crippen LogP contribution in [0.5, 0.6) is 0 Å². The first kappa shape index (κ1) is 15.5. The van der Waals surface area contributed by atoms with Crippen LogP contribution < -0.4 is 5.32 Å². The van der Waals surface area contributed by atoms with Gasteiger partial charge >= 0.3 is 0 Å². The van der Waals surface area contributed by atoms with Gasteiger partial charge in [-0.15, -0.1) is 0 Å². The molecule has 1 fully saturated rings. The summed E-state index contributed by atoms with van der Waals surface area (Å²) in [5, 5.41) is 10.3. The Morgan fingerprint density at radius 1 is 1.45 bits per heavy atom. The molecule has 3 rings (SSSR count). The average Bonchev–Trinajstić information content (AvgIpc) is 2.80. The highest BCUT2D eigenvalue weighted by Gasteiger charge is 2.39. The summed E-state index contributed by atoms with van der Waals surface area (Å²) in [5.41, 5.74) is 2.60. The third-order valence-electron chi connectivity index (χ3n) is 5.26. The minimum Gasteiger partial charge on any atom is -0.369 e. The summed E-state index contributed by atoms with van der Waals surface area (Å²) in [4.78, 5) is 14.8. The van der Waals surface area contributed by atoms with E-state index in [2.05, 4.69) is 34.5 Å². The third kappa shape index (κ3) is 2.54. The Balaban J connectivity index is 1.71. The summed E-state index contributed by atoms with van der Waals surface area (Å²) < 4.78 is 5.77. The van der Waals surface area contributed by atoms with Crippen molar-refractivity contribution in [2.24, 2.45) is 0 Å². The van der Waals surface area contributed by atoms with Gasteiger partial charge in [-0.3, -0.25) is 9.89 Å². The van der Waals surface area contributed by atoms with Gasteiger partial charge < -0.3 is 15.0 Å². The monoisotopic (exact) mass is 306 g/mol. The van der Waals surface area contributed by atoms with Gasteiger partial charge in [-0.1, -0.05) is 0 Å². The molecule has 1 aromatic heterocycles. The lowest BCUT2D eigenvalue weighted by Crippen LogP contribution is -2.57. The summed E-state index contributed by atoms with van der Waals surface area (Å²) in [6.45, 7) is 4.70. The molecule has 6 heteroatoms.